The molecule has 0 radical (unpaired) electrons. The third kappa shape index (κ3) is 1.56. The van der Waals surface area contributed by atoms with Gasteiger partial charge in [-0.05, 0) is 18.6 Å². The molecule has 0 aliphatic rings. The molecule has 16 heavy (non-hydrogen) atoms. The van der Waals surface area contributed by atoms with Crippen LogP contribution in [0.25, 0.3) is 11.2 Å². The third-order valence-electron chi connectivity index (χ3n) is 2.49. The number of imidazole rings is 1. The molecule has 0 saturated carbocycles. The Balaban J connectivity index is 0.00000108. The predicted molar refractivity (Wildman–Crippen MR) is 59.9 cm³/mol. The van der Waals surface area contributed by atoms with Crippen LogP contribution in [0, 0.1) is 0 Å². The fourth-order valence-corrected chi connectivity index (χ4v) is 1.70. The van der Waals surface area contributed by atoms with Crippen molar-refractivity contribution < 1.29 is 5.84 Å². The maximum absolute atomic E-state index is 5.28. The fraction of sp³-hybridized carbons (Fsp3) is 0.182. The first-order chi connectivity index (χ1) is 7.93. The van der Waals surface area contributed by atoms with Crippen LogP contribution in [-0.4, -0.2) is 19.9 Å². The van der Waals surface area contributed by atoms with Gasteiger partial charge in [-0.25, -0.2) is 15.0 Å². The van der Waals surface area contributed by atoms with Crippen molar-refractivity contribution >= 4 is 11.2 Å². The van der Waals surface area contributed by atoms with E-state index >= 15 is 0 Å². The molecule has 82 valence electrons. The normalized spacial score (nSPS) is 11.0. The highest BCUT2D eigenvalue weighted by atomic mass is 16.3. The number of rotatable bonds is 3. The summed E-state index contributed by atoms with van der Waals surface area (Å²) in [6, 6.07) is 3.85. The lowest BCUT2D eigenvalue weighted by molar-refractivity contribution is 0.508. The number of H-pyrrole nitrogens is 1. The molecule has 5 heteroatoms. The number of hydrogen-bond donors (Lipinski definition) is 1. The van der Waals surface area contributed by atoms with Crippen LogP contribution >= 0.6 is 0 Å². The second kappa shape index (κ2) is 3.77. The lowest BCUT2D eigenvalue weighted by Gasteiger charge is -1.99. The number of fused-ring (bicyclic) bond motifs is 1. The number of aromatic amines is 1. The molecule has 0 saturated heterocycles. The number of furan rings is 1. The second-order valence-corrected chi connectivity index (χ2v) is 3.50. The van der Waals surface area contributed by atoms with Crippen LogP contribution in [0.3, 0.4) is 0 Å². The average Bonchev–Trinajstić information content (AvgIpc) is 2.97. The van der Waals surface area contributed by atoms with Crippen LogP contribution in [0.1, 0.15) is 12.9 Å². The monoisotopic (exact) mass is 216 g/mol. The molecule has 0 aliphatic heterocycles. The van der Waals surface area contributed by atoms with Gasteiger partial charge in [0.15, 0.2) is 5.65 Å². The van der Waals surface area contributed by atoms with Crippen LogP contribution in [0.15, 0.2) is 35.5 Å². The minimum atomic E-state index is 0. The van der Waals surface area contributed by atoms with Gasteiger partial charge in [0.25, 0.3) is 0 Å². The Bertz CT molecular complexity index is 590. The van der Waals surface area contributed by atoms with Crippen LogP contribution in [0.4, 0.5) is 0 Å². The van der Waals surface area contributed by atoms with Gasteiger partial charge in [0.2, 0.25) is 0 Å². The molecule has 0 spiro atoms. The molecular weight excluding hydrogens is 204 g/mol. The van der Waals surface area contributed by atoms with Crippen molar-refractivity contribution in [2.24, 2.45) is 0 Å². The maximum atomic E-state index is 5.28. The molecular formula is C11H12N4O. The number of hydrogen-bond acceptors (Lipinski definition) is 4. The predicted octanol–water partition coefficient (Wildman–Crippen LogP) is 1.98. The Morgan fingerprint density at radius 2 is 2.25 bits per heavy atom. The van der Waals surface area contributed by atoms with Crippen molar-refractivity contribution in [2.45, 2.75) is 12.8 Å². The minimum absolute atomic E-state index is 0. The van der Waals surface area contributed by atoms with Gasteiger partial charge >= 0.3 is 0 Å². The Morgan fingerprint density at radius 3 is 3.12 bits per heavy atom. The first-order valence-electron chi connectivity index (χ1n) is 5.09. The summed E-state index contributed by atoms with van der Waals surface area (Å²) in [4.78, 5) is 15.5. The molecule has 5 nitrogen and oxygen atoms in total. The molecule has 1 N–H and O–H groups in total. The molecule has 0 fully saturated rings. The molecule has 0 aromatic carbocycles. The van der Waals surface area contributed by atoms with E-state index < -0.39 is 0 Å². The lowest BCUT2D eigenvalue weighted by Crippen LogP contribution is -1.96. The summed E-state index contributed by atoms with van der Waals surface area (Å²) in [6.07, 6.45) is 6.50. The van der Waals surface area contributed by atoms with E-state index in [4.69, 9.17) is 4.42 Å². The van der Waals surface area contributed by atoms with Gasteiger partial charge in [-0.3, -0.25) is 0 Å². The SMILES string of the molecule is [HH].c1coc(CCc2ncnc3nc[nH]c23)c1. The lowest BCUT2D eigenvalue weighted by atomic mass is 10.2. The highest BCUT2D eigenvalue weighted by molar-refractivity contribution is 5.71. The van der Waals surface area contributed by atoms with Crippen molar-refractivity contribution in [2.75, 3.05) is 0 Å². The van der Waals surface area contributed by atoms with E-state index in [-0.39, 0.29) is 1.43 Å². The molecule has 0 atom stereocenters. The van der Waals surface area contributed by atoms with E-state index in [0.717, 1.165) is 29.8 Å². The summed E-state index contributed by atoms with van der Waals surface area (Å²) in [6.45, 7) is 0. The Labute approximate surface area is 93.0 Å². The van der Waals surface area contributed by atoms with Crippen LogP contribution in [0.5, 0.6) is 0 Å². The van der Waals surface area contributed by atoms with Gasteiger partial charge < -0.3 is 9.40 Å². The highest BCUT2D eigenvalue weighted by Crippen LogP contribution is 2.12. The molecule has 3 heterocycles. The van der Waals surface area contributed by atoms with Gasteiger partial charge in [-0.2, -0.15) is 0 Å². The molecule has 3 rings (SSSR count). The number of aryl methyl sites for hydroxylation is 2. The van der Waals surface area contributed by atoms with Gasteiger partial charge in [0.05, 0.1) is 18.3 Å². The summed E-state index contributed by atoms with van der Waals surface area (Å²) in [5.41, 5.74) is 2.59. The third-order valence-corrected chi connectivity index (χ3v) is 2.49. The molecule has 3 aromatic heterocycles. The van der Waals surface area contributed by atoms with Gasteiger partial charge in [0.1, 0.15) is 17.6 Å². The first-order valence-corrected chi connectivity index (χ1v) is 5.09. The Kier molecular flexibility index (Phi) is 2.14. The smallest absolute Gasteiger partial charge is 0.180 e. The number of nitrogens with one attached hydrogen (secondary N) is 1. The van der Waals surface area contributed by atoms with Crippen molar-refractivity contribution in [3.8, 4) is 0 Å². The summed E-state index contributed by atoms with van der Waals surface area (Å²) >= 11 is 0. The summed E-state index contributed by atoms with van der Waals surface area (Å²) in [5, 5.41) is 0. The molecule has 0 unspecified atom stereocenters. The zero-order chi connectivity index (χ0) is 10.8. The topological polar surface area (TPSA) is 67.6 Å². The number of aromatic nitrogens is 4. The second-order valence-electron chi connectivity index (χ2n) is 3.50. The van der Waals surface area contributed by atoms with Gasteiger partial charge in [-0.15, -0.1) is 0 Å². The summed E-state index contributed by atoms with van der Waals surface area (Å²) in [5.74, 6) is 0.964. The maximum Gasteiger partial charge on any atom is 0.180 e. The minimum Gasteiger partial charge on any atom is -0.469 e. The first kappa shape index (κ1) is 9.08. The largest absolute Gasteiger partial charge is 0.469 e. The Morgan fingerprint density at radius 1 is 1.25 bits per heavy atom. The van der Waals surface area contributed by atoms with E-state index in [1.807, 2.05) is 12.1 Å². The van der Waals surface area contributed by atoms with Crippen LogP contribution in [0.2, 0.25) is 0 Å². The molecule has 0 bridgehead atoms. The van der Waals surface area contributed by atoms with Crippen LogP contribution in [-0.2, 0) is 12.8 Å². The van der Waals surface area contributed by atoms with Crippen molar-refractivity contribution in [1.82, 2.24) is 19.9 Å². The zero-order valence-electron chi connectivity index (χ0n) is 8.55. The average molecular weight is 216 g/mol. The molecule has 3 aromatic rings. The number of nitrogens with zero attached hydrogens (tertiary/aromatic N) is 3. The quantitative estimate of drug-likeness (QED) is 0.726. The molecule has 0 amide bonds. The van der Waals surface area contributed by atoms with Crippen molar-refractivity contribution in [3.63, 3.8) is 0 Å². The fourth-order valence-electron chi connectivity index (χ4n) is 1.70. The van der Waals surface area contributed by atoms with Crippen LogP contribution < -0.4 is 0 Å². The van der Waals surface area contributed by atoms with E-state index in [2.05, 4.69) is 19.9 Å². The Hall–Kier alpha value is -2.17. The summed E-state index contributed by atoms with van der Waals surface area (Å²) in [7, 11) is 0. The van der Waals surface area contributed by atoms with E-state index in [9.17, 15) is 0 Å². The summed E-state index contributed by atoms with van der Waals surface area (Å²) < 4.78 is 5.28. The van der Waals surface area contributed by atoms with Gasteiger partial charge in [-0.1, -0.05) is 0 Å². The van der Waals surface area contributed by atoms with E-state index in [0.29, 0.717) is 5.65 Å². The molecule has 0 aliphatic carbocycles. The van der Waals surface area contributed by atoms with E-state index in [1.54, 1.807) is 18.9 Å². The van der Waals surface area contributed by atoms with E-state index in [1.165, 1.54) is 0 Å². The highest BCUT2D eigenvalue weighted by Gasteiger charge is 2.06. The zero-order valence-corrected chi connectivity index (χ0v) is 8.55. The van der Waals surface area contributed by atoms with Crippen molar-refractivity contribution in [3.05, 3.63) is 42.5 Å². The standard InChI is InChI=1S/C11H10N4O.H2/c1-2-8(16-5-1)3-4-9-10-11(14-6-12-9)15-7-13-10;/h1-2,5-7H,3-4H2,(H,12,13,14,15);1H. The van der Waals surface area contributed by atoms with Crippen molar-refractivity contribution in [1.29, 1.82) is 0 Å². The van der Waals surface area contributed by atoms with Gasteiger partial charge in [0, 0.05) is 7.85 Å².